The van der Waals surface area contributed by atoms with Crippen LogP contribution in [0.3, 0.4) is 0 Å². The number of hydrogen-bond acceptors (Lipinski definition) is 8. The van der Waals surface area contributed by atoms with Crippen LogP contribution >= 0.6 is 0 Å². The first-order valence-corrected chi connectivity index (χ1v) is 11.3. The lowest BCUT2D eigenvalue weighted by Crippen LogP contribution is -2.49. The van der Waals surface area contributed by atoms with Crippen molar-refractivity contribution in [1.29, 1.82) is 0 Å². The minimum atomic E-state index is -0.736. The fourth-order valence-corrected chi connectivity index (χ4v) is 3.90. The first-order chi connectivity index (χ1) is 17.4. The van der Waals surface area contributed by atoms with Gasteiger partial charge in [-0.3, -0.25) is 19.7 Å². The highest BCUT2D eigenvalue weighted by molar-refractivity contribution is 6.05. The Bertz CT molecular complexity index is 1280. The third kappa shape index (κ3) is 5.35. The van der Waals surface area contributed by atoms with E-state index in [0.717, 1.165) is 6.07 Å². The molecule has 2 heterocycles. The van der Waals surface area contributed by atoms with Crippen LogP contribution in [0.25, 0.3) is 0 Å². The summed E-state index contributed by atoms with van der Waals surface area (Å²) in [7, 11) is 0. The van der Waals surface area contributed by atoms with E-state index >= 15 is 0 Å². The maximum absolute atomic E-state index is 12.8. The van der Waals surface area contributed by atoms with Crippen molar-refractivity contribution < 1.29 is 28.5 Å². The van der Waals surface area contributed by atoms with E-state index < -0.39 is 22.7 Å². The van der Waals surface area contributed by atoms with Gasteiger partial charge >= 0.3 is 11.9 Å². The van der Waals surface area contributed by atoms with E-state index in [1.54, 1.807) is 36.1 Å². The molecule has 0 atom stereocenters. The van der Waals surface area contributed by atoms with Crippen LogP contribution in [-0.2, 0) is 4.74 Å². The summed E-state index contributed by atoms with van der Waals surface area (Å²) >= 11 is 0. The van der Waals surface area contributed by atoms with Crippen molar-refractivity contribution in [2.75, 3.05) is 43.0 Å². The molecule has 1 saturated heterocycles. The first-order valence-electron chi connectivity index (χ1n) is 11.3. The summed E-state index contributed by atoms with van der Waals surface area (Å²) in [6.45, 7) is 3.79. The molecule has 4 rings (SSSR count). The minimum Gasteiger partial charge on any atom is -0.462 e. The molecular weight excluding hydrogens is 468 g/mol. The smallest absolute Gasteiger partial charge is 0.433 e. The Morgan fingerprint density at radius 1 is 1.00 bits per heavy atom. The van der Waals surface area contributed by atoms with Gasteiger partial charge in [-0.25, -0.2) is 4.79 Å². The maximum Gasteiger partial charge on any atom is 0.433 e. The molecule has 1 N–H and O–H groups in total. The Hall–Kier alpha value is -4.67. The quantitative estimate of drug-likeness (QED) is 0.300. The number of benzene rings is 2. The lowest BCUT2D eigenvalue weighted by Gasteiger charge is -2.37. The van der Waals surface area contributed by atoms with Crippen molar-refractivity contribution in [2.24, 2.45) is 0 Å². The fraction of sp³-hybridized carbons (Fsp3) is 0.240. The molecule has 0 spiro atoms. The Balaban J connectivity index is 1.54. The molecule has 1 aliphatic heterocycles. The van der Waals surface area contributed by atoms with Gasteiger partial charge in [0.15, 0.2) is 5.76 Å². The number of carbonyl (C=O) groups excluding carboxylic acids is 3. The predicted octanol–water partition coefficient (Wildman–Crippen LogP) is 3.58. The molecule has 2 amide bonds. The Kier molecular flexibility index (Phi) is 7.28. The number of esters is 1. The fourth-order valence-electron chi connectivity index (χ4n) is 3.90. The van der Waals surface area contributed by atoms with Gasteiger partial charge in [0.05, 0.1) is 29.6 Å². The minimum absolute atomic E-state index is 0.0548. The van der Waals surface area contributed by atoms with E-state index in [-0.39, 0.29) is 23.8 Å². The molecule has 1 fully saturated rings. The van der Waals surface area contributed by atoms with Crippen LogP contribution in [0.1, 0.15) is 38.2 Å². The summed E-state index contributed by atoms with van der Waals surface area (Å²) in [6.07, 6.45) is 0. The molecule has 2 aromatic carbocycles. The van der Waals surface area contributed by atoms with Crippen LogP contribution in [0.5, 0.6) is 0 Å². The van der Waals surface area contributed by atoms with Crippen molar-refractivity contribution in [3.63, 3.8) is 0 Å². The summed E-state index contributed by atoms with van der Waals surface area (Å²) < 4.78 is 10.1. The van der Waals surface area contributed by atoms with E-state index in [0.29, 0.717) is 43.1 Å². The van der Waals surface area contributed by atoms with Crippen molar-refractivity contribution in [3.05, 3.63) is 87.7 Å². The Labute approximate surface area is 206 Å². The van der Waals surface area contributed by atoms with Gasteiger partial charge in [0, 0.05) is 31.7 Å². The third-order valence-corrected chi connectivity index (χ3v) is 5.68. The van der Waals surface area contributed by atoms with E-state index in [1.807, 2.05) is 23.1 Å². The molecule has 0 unspecified atom stereocenters. The van der Waals surface area contributed by atoms with Crippen LogP contribution in [0, 0.1) is 10.1 Å². The van der Waals surface area contributed by atoms with Gasteiger partial charge in [0.1, 0.15) is 4.92 Å². The summed E-state index contributed by atoms with van der Waals surface area (Å²) in [5.74, 6) is -2.11. The number of rotatable bonds is 7. The molecule has 1 aliphatic rings. The SMILES string of the molecule is CCOC(=O)c1ccc(N2CCN(C(=O)c3ccccc3)CC2)c(NC(=O)c2ccc([N+](=O)[O-])o2)c1. The van der Waals surface area contributed by atoms with Crippen LogP contribution < -0.4 is 10.2 Å². The van der Waals surface area contributed by atoms with Gasteiger partial charge in [-0.2, -0.15) is 0 Å². The Morgan fingerprint density at radius 3 is 2.36 bits per heavy atom. The van der Waals surface area contributed by atoms with Gasteiger partial charge in [0.2, 0.25) is 0 Å². The number of nitrogens with one attached hydrogen (secondary N) is 1. The molecule has 186 valence electrons. The number of amides is 2. The zero-order valence-electron chi connectivity index (χ0n) is 19.5. The van der Waals surface area contributed by atoms with Gasteiger partial charge in [-0.15, -0.1) is 0 Å². The van der Waals surface area contributed by atoms with Crippen LogP contribution in [-0.4, -0.2) is 60.4 Å². The molecule has 0 bridgehead atoms. The summed E-state index contributed by atoms with van der Waals surface area (Å²) in [5.41, 5.74) is 1.79. The highest BCUT2D eigenvalue weighted by Gasteiger charge is 2.25. The summed E-state index contributed by atoms with van der Waals surface area (Å²) in [6, 6.07) is 16.1. The van der Waals surface area contributed by atoms with E-state index in [2.05, 4.69) is 5.32 Å². The molecule has 0 radical (unpaired) electrons. The van der Waals surface area contributed by atoms with E-state index in [1.165, 1.54) is 12.1 Å². The number of piperazine rings is 1. The first kappa shape index (κ1) is 24.5. The standard InChI is InChI=1S/C25H24N4O7/c1-2-35-25(32)18-8-9-20(19(16-18)26-23(30)21-10-11-22(36-21)29(33)34)27-12-14-28(15-13-27)24(31)17-6-4-3-5-7-17/h3-11,16H,2,12-15H2,1H3,(H,26,30). The number of furan rings is 1. The van der Waals surface area contributed by atoms with Gasteiger partial charge < -0.3 is 24.3 Å². The number of hydrogen-bond donors (Lipinski definition) is 1. The third-order valence-electron chi connectivity index (χ3n) is 5.68. The molecule has 0 saturated carbocycles. The van der Waals surface area contributed by atoms with E-state index in [4.69, 9.17) is 9.15 Å². The average molecular weight is 492 g/mol. The monoisotopic (exact) mass is 492 g/mol. The topological polar surface area (TPSA) is 135 Å². The molecule has 0 aliphatic carbocycles. The molecule has 36 heavy (non-hydrogen) atoms. The molecule has 1 aromatic heterocycles. The maximum atomic E-state index is 12.8. The van der Waals surface area contributed by atoms with Crippen LogP contribution in [0.2, 0.25) is 0 Å². The zero-order valence-corrected chi connectivity index (χ0v) is 19.5. The van der Waals surface area contributed by atoms with Crippen molar-refractivity contribution in [3.8, 4) is 0 Å². The number of anilines is 2. The van der Waals surface area contributed by atoms with E-state index in [9.17, 15) is 24.5 Å². The number of nitro groups is 1. The van der Waals surface area contributed by atoms with Gasteiger partial charge in [-0.05, 0) is 43.3 Å². The van der Waals surface area contributed by atoms with Gasteiger partial charge in [0.25, 0.3) is 11.8 Å². The Morgan fingerprint density at radius 2 is 1.72 bits per heavy atom. The highest BCUT2D eigenvalue weighted by Crippen LogP contribution is 2.30. The molecular formula is C25H24N4O7. The second-order valence-corrected chi connectivity index (χ2v) is 7.95. The lowest BCUT2D eigenvalue weighted by molar-refractivity contribution is -0.402. The van der Waals surface area contributed by atoms with Crippen molar-refractivity contribution >= 4 is 35.0 Å². The second kappa shape index (κ2) is 10.7. The van der Waals surface area contributed by atoms with Crippen LogP contribution in [0.4, 0.5) is 17.3 Å². The normalized spacial score (nSPS) is 13.2. The number of ether oxygens (including phenoxy) is 1. The van der Waals surface area contributed by atoms with Crippen molar-refractivity contribution in [1.82, 2.24) is 4.90 Å². The zero-order chi connectivity index (χ0) is 25.7. The average Bonchev–Trinajstić information content (AvgIpc) is 3.40. The lowest BCUT2D eigenvalue weighted by atomic mass is 10.1. The predicted molar refractivity (Wildman–Crippen MR) is 130 cm³/mol. The van der Waals surface area contributed by atoms with Gasteiger partial charge in [-0.1, -0.05) is 18.2 Å². The molecule has 11 nitrogen and oxygen atoms in total. The van der Waals surface area contributed by atoms with Crippen molar-refractivity contribution in [2.45, 2.75) is 6.92 Å². The van der Waals surface area contributed by atoms with Crippen LogP contribution in [0.15, 0.2) is 65.1 Å². The highest BCUT2D eigenvalue weighted by atomic mass is 16.6. The number of nitrogens with zero attached hydrogens (tertiary/aromatic N) is 3. The summed E-state index contributed by atoms with van der Waals surface area (Å²) in [5, 5.41) is 13.6. The molecule has 3 aromatic rings. The second-order valence-electron chi connectivity index (χ2n) is 7.95. The molecule has 11 heteroatoms. The summed E-state index contributed by atoms with van der Waals surface area (Å²) in [4.78, 5) is 51.8. The largest absolute Gasteiger partial charge is 0.462 e. The number of carbonyl (C=O) groups is 3.